The fourth-order valence-electron chi connectivity index (χ4n) is 3.15. The zero-order chi connectivity index (χ0) is 16.7. The topological polar surface area (TPSA) is 43.8 Å². The van der Waals surface area contributed by atoms with Gasteiger partial charge in [0.2, 0.25) is 0 Å². The standard InChI is InChI=1S/C17H31N5S/c1-5-8-22-9-6-15(7-10-22)11-19-17(18-3)21(4)12-16-13-23-14(2)20-16/h13,15H,5-12H2,1-4H3,(H,18,19). The number of hydrogen-bond donors (Lipinski definition) is 1. The summed E-state index contributed by atoms with van der Waals surface area (Å²) in [5, 5.41) is 6.79. The number of piperidine rings is 1. The van der Waals surface area contributed by atoms with Crippen LogP contribution in [0.25, 0.3) is 0 Å². The third kappa shape index (κ3) is 5.77. The van der Waals surface area contributed by atoms with E-state index in [0.717, 1.165) is 35.7 Å². The Morgan fingerprint density at radius 3 is 2.78 bits per heavy atom. The van der Waals surface area contributed by atoms with Gasteiger partial charge in [0.1, 0.15) is 0 Å². The minimum Gasteiger partial charge on any atom is -0.356 e. The van der Waals surface area contributed by atoms with Crippen LogP contribution < -0.4 is 5.32 Å². The number of hydrogen-bond acceptors (Lipinski definition) is 4. The first-order valence-corrected chi connectivity index (χ1v) is 9.55. The molecule has 0 aliphatic carbocycles. The molecule has 5 nitrogen and oxygen atoms in total. The van der Waals surface area contributed by atoms with Gasteiger partial charge in [0.05, 0.1) is 17.2 Å². The lowest BCUT2D eigenvalue weighted by Gasteiger charge is -2.32. The highest BCUT2D eigenvalue weighted by molar-refractivity contribution is 7.09. The predicted molar refractivity (Wildman–Crippen MR) is 99.1 cm³/mol. The molecule has 1 saturated heterocycles. The maximum atomic E-state index is 4.53. The molecule has 0 unspecified atom stereocenters. The number of thiazole rings is 1. The van der Waals surface area contributed by atoms with Crippen molar-refractivity contribution in [2.45, 2.75) is 39.7 Å². The maximum absolute atomic E-state index is 4.53. The summed E-state index contributed by atoms with van der Waals surface area (Å²) in [6, 6.07) is 0. The van der Waals surface area contributed by atoms with Crippen molar-refractivity contribution in [2.24, 2.45) is 10.9 Å². The van der Waals surface area contributed by atoms with Crippen LogP contribution in [-0.4, -0.2) is 61.0 Å². The van der Waals surface area contributed by atoms with Crippen LogP contribution in [0.5, 0.6) is 0 Å². The molecule has 1 aliphatic rings. The Morgan fingerprint density at radius 2 is 2.22 bits per heavy atom. The van der Waals surface area contributed by atoms with Gasteiger partial charge in [0.15, 0.2) is 5.96 Å². The molecule has 1 aromatic heterocycles. The van der Waals surface area contributed by atoms with Crippen molar-refractivity contribution in [3.05, 3.63) is 16.1 Å². The van der Waals surface area contributed by atoms with Crippen LogP contribution in [0.3, 0.4) is 0 Å². The molecule has 1 aliphatic heterocycles. The number of likely N-dealkylation sites (tertiary alicyclic amines) is 1. The highest BCUT2D eigenvalue weighted by Gasteiger charge is 2.19. The number of nitrogens with zero attached hydrogens (tertiary/aromatic N) is 4. The van der Waals surface area contributed by atoms with Crippen molar-refractivity contribution in [2.75, 3.05) is 40.3 Å². The number of aromatic nitrogens is 1. The molecular weight excluding hydrogens is 306 g/mol. The molecule has 0 radical (unpaired) electrons. The number of guanidine groups is 1. The number of nitrogens with one attached hydrogen (secondary N) is 1. The first kappa shape index (κ1) is 18.2. The smallest absolute Gasteiger partial charge is 0.193 e. The largest absolute Gasteiger partial charge is 0.356 e. The Labute approximate surface area is 144 Å². The summed E-state index contributed by atoms with van der Waals surface area (Å²) in [6.45, 7) is 9.87. The average Bonchev–Trinajstić information content (AvgIpc) is 2.95. The SMILES string of the molecule is CCCN1CCC(CNC(=NC)N(C)Cc2csc(C)n2)CC1. The summed E-state index contributed by atoms with van der Waals surface area (Å²) >= 11 is 1.70. The second-order valence-corrected chi connectivity index (χ2v) is 7.49. The lowest BCUT2D eigenvalue weighted by atomic mass is 9.97. The fourth-order valence-corrected chi connectivity index (χ4v) is 3.75. The molecule has 2 rings (SSSR count). The zero-order valence-corrected chi connectivity index (χ0v) is 15.8. The summed E-state index contributed by atoms with van der Waals surface area (Å²) in [5.41, 5.74) is 1.12. The molecule has 0 atom stereocenters. The average molecular weight is 338 g/mol. The molecule has 2 heterocycles. The van der Waals surface area contributed by atoms with Crippen molar-refractivity contribution in [1.82, 2.24) is 20.1 Å². The van der Waals surface area contributed by atoms with E-state index in [9.17, 15) is 0 Å². The summed E-state index contributed by atoms with van der Waals surface area (Å²) in [5.74, 6) is 1.72. The first-order chi connectivity index (χ1) is 11.1. The minimum absolute atomic E-state index is 0.759. The second kappa shape index (κ2) is 9.23. The predicted octanol–water partition coefficient (Wildman–Crippen LogP) is 2.58. The van der Waals surface area contributed by atoms with Gasteiger partial charge in [-0.25, -0.2) is 4.98 Å². The highest BCUT2D eigenvalue weighted by atomic mass is 32.1. The normalized spacial score (nSPS) is 17.5. The minimum atomic E-state index is 0.759. The molecule has 1 fully saturated rings. The molecule has 23 heavy (non-hydrogen) atoms. The summed E-state index contributed by atoms with van der Waals surface area (Å²) < 4.78 is 0. The number of aryl methyl sites for hydroxylation is 1. The molecule has 130 valence electrons. The summed E-state index contributed by atoms with van der Waals surface area (Å²) in [7, 11) is 3.93. The molecule has 1 N–H and O–H groups in total. The molecule has 0 aromatic carbocycles. The van der Waals surface area contributed by atoms with Crippen molar-refractivity contribution < 1.29 is 0 Å². The molecular formula is C17H31N5S. The van der Waals surface area contributed by atoms with Crippen molar-refractivity contribution in [1.29, 1.82) is 0 Å². The summed E-state index contributed by atoms with van der Waals surface area (Å²) in [4.78, 5) is 13.7. The van der Waals surface area contributed by atoms with E-state index in [1.54, 1.807) is 11.3 Å². The van der Waals surface area contributed by atoms with Gasteiger partial charge in [-0.1, -0.05) is 6.92 Å². The van der Waals surface area contributed by atoms with E-state index in [0.29, 0.717) is 0 Å². The van der Waals surface area contributed by atoms with Crippen molar-refractivity contribution in [3.63, 3.8) is 0 Å². The van der Waals surface area contributed by atoms with Gasteiger partial charge >= 0.3 is 0 Å². The molecule has 0 amide bonds. The lowest BCUT2D eigenvalue weighted by molar-refractivity contribution is 0.185. The van der Waals surface area contributed by atoms with Crippen LogP contribution in [0.4, 0.5) is 0 Å². The van der Waals surface area contributed by atoms with Crippen LogP contribution in [0.15, 0.2) is 10.4 Å². The van der Waals surface area contributed by atoms with Crippen LogP contribution in [-0.2, 0) is 6.54 Å². The quantitative estimate of drug-likeness (QED) is 0.640. The Bertz CT molecular complexity index is 491. The Hall–Kier alpha value is -1.14. The Kier molecular flexibility index (Phi) is 7.30. The van der Waals surface area contributed by atoms with E-state index in [1.165, 1.54) is 38.9 Å². The molecule has 0 spiro atoms. The molecule has 6 heteroatoms. The van der Waals surface area contributed by atoms with Gasteiger partial charge in [-0.3, -0.25) is 4.99 Å². The Balaban J connectivity index is 1.74. The second-order valence-electron chi connectivity index (χ2n) is 6.43. The van der Waals surface area contributed by atoms with E-state index in [-0.39, 0.29) is 0 Å². The van der Waals surface area contributed by atoms with Crippen LogP contribution in [0.2, 0.25) is 0 Å². The van der Waals surface area contributed by atoms with Crippen LogP contribution in [0.1, 0.15) is 36.9 Å². The van der Waals surface area contributed by atoms with Crippen LogP contribution in [0, 0.1) is 12.8 Å². The van der Waals surface area contributed by atoms with Gasteiger partial charge in [-0.2, -0.15) is 0 Å². The maximum Gasteiger partial charge on any atom is 0.193 e. The third-order valence-electron chi connectivity index (χ3n) is 4.43. The third-order valence-corrected chi connectivity index (χ3v) is 5.26. The van der Waals surface area contributed by atoms with E-state index < -0.39 is 0 Å². The molecule has 0 saturated carbocycles. The molecule has 1 aromatic rings. The number of aliphatic imine (C=N–C) groups is 1. The van der Waals surface area contributed by atoms with E-state index in [4.69, 9.17) is 0 Å². The monoisotopic (exact) mass is 337 g/mol. The van der Waals surface area contributed by atoms with Crippen molar-refractivity contribution in [3.8, 4) is 0 Å². The van der Waals surface area contributed by atoms with Gasteiger partial charge < -0.3 is 15.1 Å². The van der Waals surface area contributed by atoms with E-state index >= 15 is 0 Å². The lowest BCUT2D eigenvalue weighted by Crippen LogP contribution is -2.43. The van der Waals surface area contributed by atoms with Crippen LogP contribution >= 0.6 is 11.3 Å². The zero-order valence-electron chi connectivity index (χ0n) is 15.0. The van der Waals surface area contributed by atoms with E-state index in [1.807, 2.05) is 14.0 Å². The van der Waals surface area contributed by atoms with E-state index in [2.05, 4.69) is 44.4 Å². The highest BCUT2D eigenvalue weighted by Crippen LogP contribution is 2.16. The van der Waals surface area contributed by atoms with Gasteiger partial charge in [-0.05, 0) is 51.7 Å². The Morgan fingerprint density at radius 1 is 1.48 bits per heavy atom. The van der Waals surface area contributed by atoms with Gasteiger partial charge in [-0.15, -0.1) is 11.3 Å². The number of rotatable bonds is 6. The van der Waals surface area contributed by atoms with Crippen molar-refractivity contribution >= 4 is 17.3 Å². The summed E-state index contributed by atoms with van der Waals surface area (Å²) in [6.07, 6.45) is 3.84. The van der Waals surface area contributed by atoms with Gasteiger partial charge in [0.25, 0.3) is 0 Å². The van der Waals surface area contributed by atoms with Gasteiger partial charge in [0, 0.05) is 26.0 Å². The fraction of sp³-hybridized carbons (Fsp3) is 0.765. The first-order valence-electron chi connectivity index (χ1n) is 8.67. The molecule has 0 bridgehead atoms.